The molecule has 0 saturated carbocycles. The van der Waals surface area contributed by atoms with E-state index in [9.17, 15) is 4.79 Å². The largest absolute Gasteiger partial charge is 0.336 e. The first-order valence-corrected chi connectivity index (χ1v) is 6.14. The van der Waals surface area contributed by atoms with Crippen LogP contribution in [-0.2, 0) is 0 Å². The molecule has 1 atom stereocenters. The third-order valence-corrected chi connectivity index (χ3v) is 3.42. The Morgan fingerprint density at radius 1 is 1.53 bits per heavy atom. The molecule has 1 aliphatic heterocycles. The Bertz CT molecular complexity index is 405. The highest BCUT2D eigenvalue weighted by molar-refractivity contribution is 5.99. The van der Waals surface area contributed by atoms with Crippen molar-refractivity contribution in [3.05, 3.63) is 29.8 Å². The van der Waals surface area contributed by atoms with Crippen LogP contribution in [0.4, 0.5) is 5.69 Å². The summed E-state index contributed by atoms with van der Waals surface area (Å²) in [5.74, 6) is 5.52. The highest BCUT2D eigenvalue weighted by Gasteiger charge is 2.28. The normalized spacial score (nSPS) is 19.4. The Morgan fingerprint density at radius 3 is 3.00 bits per heavy atom. The van der Waals surface area contributed by atoms with Gasteiger partial charge >= 0.3 is 0 Å². The molecule has 0 aliphatic carbocycles. The first-order chi connectivity index (χ1) is 8.27. The molecule has 1 fully saturated rings. The van der Waals surface area contributed by atoms with Crippen LogP contribution < -0.4 is 11.3 Å². The molecular weight excluding hydrogens is 214 g/mol. The minimum atomic E-state index is 0.0860. The van der Waals surface area contributed by atoms with Crippen LogP contribution in [0.1, 0.15) is 36.5 Å². The van der Waals surface area contributed by atoms with Gasteiger partial charge in [-0.1, -0.05) is 19.1 Å². The summed E-state index contributed by atoms with van der Waals surface area (Å²) in [7, 11) is 0. The van der Waals surface area contributed by atoms with Gasteiger partial charge in [-0.2, -0.15) is 0 Å². The van der Waals surface area contributed by atoms with Crippen LogP contribution in [-0.4, -0.2) is 23.4 Å². The van der Waals surface area contributed by atoms with Crippen LogP contribution >= 0.6 is 0 Å². The monoisotopic (exact) mass is 233 g/mol. The lowest BCUT2D eigenvalue weighted by Gasteiger charge is -2.24. The molecule has 92 valence electrons. The molecule has 1 unspecified atom stereocenters. The first kappa shape index (κ1) is 11.9. The quantitative estimate of drug-likeness (QED) is 0.620. The summed E-state index contributed by atoms with van der Waals surface area (Å²) in [6.07, 6.45) is 3.23. The minimum absolute atomic E-state index is 0.0860. The van der Waals surface area contributed by atoms with Gasteiger partial charge in [-0.05, 0) is 31.4 Å². The second kappa shape index (κ2) is 5.19. The Hall–Kier alpha value is -1.55. The Morgan fingerprint density at radius 2 is 2.29 bits per heavy atom. The van der Waals surface area contributed by atoms with Crippen molar-refractivity contribution >= 4 is 11.6 Å². The molecule has 0 bridgehead atoms. The maximum Gasteiger partial charge on any atom is 0.256 e. The predicted octanol–water partition coefficient (Wildman–Crippen LogP) is 1.99. The number of likely N-dealkylation sites (tertiary alicyclic amines) is 1. The van der Waals surface area contributed by atoms with Crippen molar-refractivity contribution in [2.45, 2.75) is 32.2 Å². The molecule has 2 rings (SSSR count). The van der Waals surface area contributed by atoms with Crippen molar-refractivity contribution < 1.29 is 4.79 Å². The second-order valence-electron chi connectivity index (χ2n) is 4.39. The van der Waals surface area contributed by atoms with Crippen LogP contribution in [0.5, 0.6) is 0 Å². The Balaban J connectivity index is 2.24. The molecule has 1 amide bonds. The molecule has 0 radical (unpaired) electrons. The van der Waals surface area contributed by atoms with Gasteiger partial charge in [0.15, 0.2) is 0 Å². The van der Waals surface area contributed by atoms with Crippen molar-refractivity contribution in [1.82, 2.24) is 4.90 Å². The van der Waals surface area contributed by atoms with E-state index in [1.165, 1.54) is 0 Å². The van der Waals surface area contributed by atoms with E-state index in [1.54, 1.807) is 0 Å². The number of anilines is 1. The minimum Gasteiger partial charge on any atom is -0.336 e. The number of nitrogens with two attached hydrogens (primary N) is 1. The lowest BCUT2D eigenvalue weighted by molar-refractivity contribution is 0.0734. The van der Waals surface area contributed by atoms with Crippen molar-refractivity contribution in [1.29, 1.82) is 0 Å². The molecule has 4 heteroatoms. The molecule has 0 spiro atoms. The van der Waals surface area contributed by atoms with Gasteiger partial charge in [-0.25, -0.2) is 0 Å². The summed E-state index contributed by atoms with van der Waals surface area (Å²) in [4.78, 5) is 14.4. The van der Waals surface area contributed by atoms with Crippen LogP contribution in [0.25, 0.3) is 0 Å². The van der Waals surface area contributed by atoms with E-state index in [0.29, 0.717) is 17.3 Å². The maximum absolute atomic E-state index is 12.4. The number of para-hydroxylation sites is 1. The highest BCUT2D eigenvalue weighted by Crippen LogP contribution is 2.24. The molecule has 1 saturated heterocycles. The van der Waals surface area contributed by atoms with E-state index in [2.05, 4.69) is 12.3 Å². The van der Waals surface area contributed by atoms with Gasteiger partial charge in [0, 0.05) is 12.6 Å². The van der Waals surface area contributed by atoms with Gasteiger partial charge in [0.2, 0.25) is 0 Å². The van der Waals surface area contributed by atoms with Crippen molar-refractivity contribution in [2.24, 2.45) is 5.84 Å². The molecule has 1 aromatic rings. The van der Waals surface area contributed by atoms with Crippen molar-refractivity contribution in [3.63, 3.8) is 0 Å². The number of hydrazine groups is 1. The number of hydrogen-bond acceptors (Lipinski definition) is 3. The second-order valence-corrected chi connectivity index (χ2v) is 4.39. The Kier molecular flexibility index (Phi) is 3.64. The summed E-state index contributed by atoms with van der Waals surface area (Å²) >= 11 is 0. The zero-order valence-corrected chi connectivity index (χ0v) is 10.1. The lowest BCUT2D eigenvalue weighted by Crippen LogP contribution is -2.35. The number of benzene rings is 1. The van der Waals surface area contributed by atoms with E-state index in [-0.39, 0.29) is 5.91 Å². The van der Waals surface area contributed by atoms with E-state index < -0.39 is 0 Å². The average Bonchev–Trinajstić information content (AvgIpc) is 2.86. The molecule has 3 N–H and O–H groups in total. The summed E-state index contributed by atoms with van der Waals surface area (Å²) in [6, 6.07) is 7.76. The summed E-state index contributed by atoms with van der Waals surface area (Å²) in [5.41, 5.74) is 3.94. The topological polar surface area (TPSA) is 58.4 Å². The van der Waals surface area contributed by atoms with E-state index in [1.807, 2.05) is 29.2 Å². The number of rotatable bonds is 3. The van der Waals surface area contributed by atoms with Gasteiger partial charge in [0.1, 0.15) is 0 Å². The highest BCUT2D eigenvalue weighted by atomic mass is 16.2. The van der Waals surface area contributed by atoms with Gasteiger partial charge in [0.25, 0.3) is 5.91 Å². The number of amides is 1. The van der Waals surface area contributed by atoms with Crippen LogP contribution in [0.3, 0.4) is 0 Å². The molecule has 4 nitrogen and oxygen atoms in total. The molecular formula is C13H19N3O. The van der Waals surface area contributed by atoms with Gasteiger partial charge in [0.05, 0.1) is 11.3 Å². The first-order valence-electron chi connectivity index (χ1n) is 6.14. The van der Waals surface area contributed by atoms with Gasteiger partial charge in [-0.15, -0.1) is 0 Å². The van der Waals surface area contributed by atoms with E-state index >= 15 is 0 Å². The fraction of sp³-hybridized carbons (Fsp3) is 0.462. The molecule has 1 aliphatic rings. The van der Waals surface area contributed by atoms with Gasteiger partial charge < -0.3 is 10.3 Å². The summed E-state index contributed by atoms with van der Waals surface area (Å²) in [6.45, 7) is 2.99. The SMILES string of the molecule is CCC1CCCN1C(=O)c1ccccc1NN. The fourth-order valence-electron chi connectivity index (χ4n) is 2.48. The number of carbonyl (C=O) groups is 1. The third-order valence-electron chi connectivity index (χ3n) is 3.42. The number of nitrogen functional groups attached to an aromatic ring is 1. The zero-order chi connectivity index (χ0) is 12.3. The maximum atomic E-state index is 12.4. The zero-order valence-electron chi connectivity index (χ0n) is 10.1. The van der Waals surface area contributed by atoms with Gasteiger partial charge in [-0.3, -0.25) is 10.6 Å². The summed E-state index contributed by atoms with van der Waals surface area (Å²) in [5, 5.41) is 0. The number of hydrogen-bond donors (Lipinski definition) is 2. The third kappa shape index (κ3) is 2.26. The standard InChI is InChI=1S/C13H19N3O/c1-2-10-6-5-9-16(10)13(17)11-7-3-4-8-12(11)15-14/h3-4,7-8,10,15H,2,5-6,9,14H2,1H3. The van der Waals surface area contributed by atoms with Crippen LogP contribution in [0.2, 0.25) is 0 Å². The van der Waals surface area contributed by atoms with E-state index in [4.69, 9.17) is 5.84 Å². The molecule has 1 heterocycles. The lowest BCUT2D eigenvalue weighted by atomic mass is 10.1. The molecule has 17 heavy (non-hydrogen) atoms. The Labute approximate surface area is 102 Å². The molecule has 1 aromatic carbocycles. The average molecular weight is 233 g/mol. The fourth-order valence-corrected chi connectivity index (χ4v) is 2.48. The smallest absolute Gasteiger partial charge is 0.256 e. The molecule has 0 aromatic heterocycles. The van der Waals surface area contributed by atoms with Crippen molar-refractivity contribution in [2.75, 3.05) is 12.0 Å². The van der Waals surface area contributed by atoms with E-state index in [0.717, 1.165) is 25.8 Å². The number of nitrogens with one attached hydrogen (secondary N) is 1. The van der Waals surface area contributed by atoms with Crippen molar-refractivity contribution in [3.8, 4) is 0 Å². The number of carbonyl (C=O) groups excluding carboxylic acids is 1. The summed E-state index contributed by atoms with van der Waals surface area (Å²) < 4.78 is 0. The number of nitrogens with zero attached hydrogens (tertiary/aromatic N) is 1. The van der Waals surface area contributed by atoms with Crippen LogP contribution in [0, 0.1) is 0 Å². The predicted molar refractivity (Wildman–Crippen MR) is 68.6 cm³/mol. The van der Waals surface area contributed by atoms with Crippen LogP contribution in [0.15, 0.2) is 24.3 Å².